The zero-order valence-electron chi connectivity index (χ0n) is 9.56. The molecule has 0 radical (unpaired) electrons. The normalized spacial score (nSPS) is 11.8. The minimum atomic E-state index is -0.561. The molecule has 5 N–H and O–H groups in total. The molecule has 1 aromatic rings. The Morgan fingerprint density at radius 3 is 2.41 bits per heavy atom. The zero-order valence-corrected chi connectivity index (χ0v) is 9.56. The van der Waals surface area contributed by atoms with E-state index in [1.165, 1.54) is 0 Å². The monoisotopic (exact) mass is 235 g/mol. The predicted octanol–water partition coefficient (Wildman–Crippen LogP) is -0.594. The number of rotatable bonds is 6. The zero-order chi connectivity index (χ0) is 12.7. The van der Waals surface area contributed by atoms with E-state index in [2.05, 4.69) is 5.32 Å². The molecule has 0 bridgehead atoms. The van der Waals surface area contributed by atoms with Crippen LogP contribution in [0, 0.1) is 5.92 Å². The van der Waals surface area contributed by atoms with E-state index in [-0.39, 0.29) is 24.9 Å². The molecule has 0 fully saturated rings. The SMILES string of the molecule is NCC(Cc1ccccc1)C(=O)NCC(N)=O. The molecule has 0 aliphatic rings. The minimum Gasteiger partial charge on any atom is -0.368 e. The van der Waals surface area contributed by atoms with Gasteiger partial charge >= 0.3 is 0 Å². The van der Waals surface area contributed by atoms with Crippen LogP contribution in [0.5, 0.6) is 0 Å². The van der Waals surface area contributed by atoms with Crippen molar-refractivity contribution in [2.45, 2.75) is 6.42 Å². The predicted molar refractivity (Wildman–Crippen MR) is 64.9 cm³/mol. The Morgan fingerprint density at radius 1 is 1.24 bits per heavy atom. The maximum absolute atomic E-state index is 11.7. The number of carbonyl (C=O) groups excluding carboxylic acids is 2. The second-order valence-corrected chi connectivity index (χ2v) is 3.81. The van der Waals surface area contributed by atoms with Gasteiger partial charge in [0.15, 0.2) is 0 Å². The summed E-state index contributed by atoms with van der Waals surface area (Å²) in [5, 5.41) is 2.46. The van der Waals surface area contributed by atoms with Crippen molar-refractivity contribution in [3.63, 3.8) is 0 Å². The average molecular weight is 235 g/mol. The summed E-state index contributed by atoms with van der Waals surface area (Å²) in [6.07, 6.45) is 0.557. The summed E-state index contributed by atoms with van der Waals surface area (Å²) in [5.41, 5.74) is 11.5. The van der Waals surface area contributed by atoms with E-state index in [1.807, 2.05) is 30.3 Å². The third-order valence-electron chi connectivity index (χ3n) is 2.42. The van der Waals surface area contributed by atoms with Crippen molar-refractivity contribution < 1.29 is 9.59 Å². The van der Waals surface area contributed by atoms with Crippen molar-refractivity contribution in [1.82, 2.24) is 5.32 Å². The van der Waals surface area contributed by atoms with Crippen LogP contribution in [0.4, 0.5) is 0 Å². The lowest BCUT2D eigenvalue weighted by molar-refractivity contribution is -0.127. The molecule has 1 rings (SSSR count). The van der Waals surface area contributed by atoms with E-state index in [4.69, 9.17) is 11.5 Å². The van der Waals surface area contributed by atoms with Crippen LogP contribution in [0.15, 0.2) is 30.3 Å². The minimum absolute atomic E-state index is 0.149. The Bertz CT molecular complexity index is 379. The fourth-order valence-corrected chi connectivity index (χ4v) is 1.50. The fourth-order valence-electron chi connectivity index (χ4n) is 1.50. The van der Waals surface area contributed by atoms with Crippen molar-refractivity contribution in [3.8, 4) is 0 Å². The van der Waals surface area contributed by atoms with Gasteiger partial charge in [-0.1, -0.05) is 30.3 Å². The summed E-state index contributed by atoms with van der Waals surface area (Å²) in [7, 11) is 0. The Morgan fingerprint density at radius 2 is 1.88 bits per heavy atom. The van der Waals surface area contributed by atoms with Crippen molar-refractivity contribution in [2.75, 3.05) is 13.1 Å². The van der Waals surface area contributed by atoms with Gasteiger partial charge < -0.3 is 16.8 Å². The number of amides is 2. The first-order valence-corrected chi connectivity index (χ1v) is 5.43. The lowest BCUT2D eigenvalue weighted by Crippen LogP contribution is -2.40. The van der Waals surface area contributed by atoms with Gasteiger partial charge in [0.1, 0.15) is 0 Å². The maximum atomic E-state index is 11.7. The number of hydrogen-bond acceptors (Lipinski definition) is 3. The average Bonchev–Trinajstić information content (AvgIpc) is 2.34. The van der Waals surface area contributed by atoms with Crippen LogP contribution in [0.2, 0.25) is 0 Å². The molecule has 0 heterocycles. The van der Waals surface area contributed by atoms with Crippen molar-refractivity contribution >= 4 is 11.8 Å². The van der Waals surface area contributed by atoms with E-state index in [9.17, 15) is 9.59 Å². The molecule has 92 valence electrons. The summed E-state index contributed by atoms with van der Waals surface area (Å²) in [6.45, 7) is 0.0869. The van der Waals surface area contributed by atoms with Gasteiger partial charge in [-0.15, -0.1) is 0 Å². The molecular formula is C12H17N3O2. The third kappa shape index (κ3) is 4.65. The number of hydrogen-bond donors (Lipinski definition) is 3. The Kier molecular flexibility index (Phi) is 5.16. The number of benzene rings is 1. The number of nitrogens with two attached hydrogens (primary N) is 2. The molecule has 5 heteroatoms. The molecule has 2 amide bonds. The molecule has 17 heavy (non-hydrogen) atoms. The molecule has 0 aromatic heterocycles. The van der Waals surface area contributed by atoms with Gasteiger partial charge in [0.2, 0.25) is 11.8 Å². The molecular weight excluding hydrogens is 218 g/mol. The van der Waals surface area contributed by atoms with E-state index in [0.29, 0.717) is 6.42 Å². The van der Waals surface area contributed by atoms with Crippen molar-refractivity contribution in [1.29, 1.82) is 0 Å². The molecule has 0 aliphatic heterocycles. The van der Waals surface area contributed by atoms with Gasteiger partial charge in [-0.25, -0.2) is 0 Å². The first-order valence-electron chi connectivity index (χ1n) is 5.43. The van der Waals surface area contributed by atoms with Crippen LogP contribution in [-0.4, -0.2) is 24.9 Å². The number of carbonyl (C=O) groups is 2. The smallest absolute Gasteiger partial charge is 0.236 e. The Labute approximate surface area is 100 Å². The summed E-state index contributed by atoms with van der Waals surface area (Å²) >= 11 is 0. The Balaban J connectivity index is 2.53. The summed E-state index contributed by atoms with van der Waals surface area (Å²) in [4.78, 5) is 22.2. The second kappa shape index (κ2) is 6.65. The fraction of sp³-hybridized carbons (Fsp3) is 0.333. The van der Waals surface area contributed by atoms with Crippen LogP contribution in [0.25, 0.3) is 0 Å². The van der Waals surface area contributed by atoms with E-state index < -0.39 is 5.91 Å². The quantitative estimate of drug-likeness (QED) is 0.614. The molecule has 1 aromatic carbocycles. The first kappa shape index (κ1) is 13.2. The molecule has 5 nitrogen and oxygen atoms in total. The molecule has 1 unspecified atom stereocenters. The highest BCUT2D eigenvalue weighted by atomic mass is 16.2. The highest BCUT2D eigenvalue weighted by Gasteiger charge is 2.17. The van der Waals surface area contributed by atoms with Crippen LogP contribution in [-0.2, 0) is 16.0 Å². The molecule has 0 saturated carbocycles. The van der Waals surface area contributed by atoms with Gasteiger partial charge in [-0.2, -0.15) is 0 Å². The van der Waals surface area contributed by atoms with Gasteiger partial charge in [-0.05, 0) is 12.0 Å². The summed E-state index contributed by atoms with van der Waals surface area (Å²) in [6, 6.07) is 9.59. The number of primary amides is 1. The first-order chi connectivity index (χ1) is 8.13. The standard InChI is InChI=1S/C12H17N3O2/c13-7-10(12(17)15-8-11(14)16)6-9-4-2-1-3-5-9/h1-5,10H,6-8,13H2,(H2,14,16)(H,15,17). The van der Waals surface area contributed by atoms with Crippen molar-refractivity contribution in [2.24, 2.45) is 17.4 Å². The number of nitrogens with one attached hydrogen (secondary N) is 1. The van der Waals surface area contributed by atoms with Crippen LogP contribution < -0.4 is 16.8 Å². The summed E-state index contributed by atoms with van der Waals surface area (Å²) < 4.78 is 0. The van der Waals surface area contributed by atoms with Gasteiger partial charge in [0, 0.05) is 6.54 Å². The highest BCUT2D eigenvalue weighted by Crippen LogP contribution is 2.07. The van der Waals surface area contributed by atoms with Crippen LogP contribution >= 0.6 is 0 Å². The Hall–Kier alpha value is -1.88. The molecule has 1 atom stereocenters. The third-order valence-corrected chi connectivity index (χ3v) is 2.42. The second-order valence-electron chi connectivity index (χ2n) is 3.81. The van der Waals surface area contributed by atoms with E-state index in [0.717, 1.165) is 5.56 Å². The van der Waals surface area contributed by atoms with Gasteiger partial charge in [0.25, 0.3) is 0 Å². The molecule has 0 saturated heterocycles. The summed E-state index contributed by atoms with van der Waals surface area (Å²) in [5.74, 6) is -1.14. The highest BCUT2D eigenvalue weighted by molar-refractivity contribution is 5.85. The van der Waals surface area contributed by atoms with E-state index in [1.54, 1.807) is 0 Å². The largest absolute Gasteiger partial charge is 0.368 e. The van der Waals surface area contributed by atoms with E-state index >= 15 is 0 Å². The van der Waals surface area contributed by atoms with Gasteiger partial charge in [-0.3, -0.25) is 9.59 Å². The maximum Gasteiger partial charge on any atom is 0.236 e. The van der Waals surface area contributed by atoms with Crippen LogP contribution in [0.3, 0.4) is 0 Å². The molecule has 0 spiro atoms. The van der Waals surface area contributed by atoms with Gasteiger partial charge in [0.05, 0.1) is 12.5 Å². The van der Waals surface area contributed by atoms with Crippen LogP contribution in [0.1, 0.15) is 5.56 Å². The lowest BCUT2D eigenvalue weighted by Gasteiger charge is -2.14. The molecule has 0 aliphatic carbocycles. The van der Waals surface area contributed by atoms with Crippen molar-refractivity contribution in [3.05, 3.63) is 35.9 Å². The topological polar surface area (TPSA) is 98.2 Å². The lowest BCUT2D eigenvalue weighted by atomic mass is 9.98.